The van der Waals surface area contributed by atoms with E-state index in [0.717, 1.165) is 0 Å². The van der Waals surface area contributed by atoms with Crippen LogP contribution in [0.2, 0.25) is 0 Å². The van der Waals surface area contributed by atoms with E-state index in [0.29, 0.717) is 0 Å². The Morgan fingerprint density at radius 1 is 0.800 bits per heavy atom. The van der Waals surface area contributed by atoms with E-state index in [1.807, 2.05) is 0 Å². The number of carboxylic acid groups (broad SMARTS) is 4. The molecule has 0 aliphatic heterocycles. The van der Waals surface area contributed by atoms with Crippen LogP contribution >= 0.6 is 0 Å². The van der Waals surface area contributed by atoms with Crippen molar-refractivity contribution in [3.63, 3.8) is 0 Å². The summed E-state index contributed by atoms with van der Waals surface area (Å²) < 4.78 is 0. The van der Waals surface area contributed by atoms with Crippen LogP contribution in [0, 0.1) is 39.9 Å². The van der Waals surface area contributed by atoms with Gasteiger partial charge in [-0.05, 0) is 12.3 Å². The second kappa shape index (κ2) is 16.8. The zero-order valence-corrected chi connectivity index (χ0v) is 10.2. The maximum Gasteiger partial charge on any atom is 3.00 e. The molecule has 0 amide bonds. The van der Waals surface area contributed by atoms with Crippen molar-refractivity contribution in [3.8, 4) is 0 Å². The molecule has 0 saturated carbocycles. The number of hydrogen-bond acceptors (Lipinski definition) is 6. The molecule has 0 aliphatic carbocycles. The van der Waals surface area contributed by atoms with Crippen molar-refractivity contribution in [3.05, 3.63) is 0 Å². The second-order valence-corrected chi connectivity index (χ2v) is 0.500. The molecule has 0 rings (SSSR count). The van der Waals surface area contributed by atoms with E-state index >= 15 is 0 Å². The van der Waals surface area contributed by atoms with Crippen molar-refractivity contribution in [2.24, 2.45) is 0 Å². The number of rotatable bonds is 0. The molecule has 0 bridgehead atoms. The van der Waals surface area contributed by atoms with Crippen LogP contribution in [-0.2, 0) is 0 Å². The van der Waals surface area contributed by atoms with E-state index in [9.17, 15) is 0 Å². The molecule has 0 aromatic carbocycles. The average molecular weight is 316 g/mol. The molecule has 0 unspecified atom stereocenters. The molecule has 0 aliphatic rings. The van der Waals surface area contributed by atoms with Crippen LogP contribution in [0.5, 0.6) is 0 Å². The van der Waals surface area contributed by atoms with Gasteiger partial charge in [-0.2, -0.15) is 0 Å². The third-order valence-corrected chi connectivity index (χ3v) is 0. The van der Waals surface area contributed by atoms with Gasteiger partial charge >= 0.3 is 91.3 Å². The fourth-order valence-electron chi connectivity index (χ4n) is 0. The van der Waals surface area contributed by atoms with Gasteiger partial charge in [0, 0.05) is 0 Å². The number of carbonyl (C=O) groups excluding carboxylic acids is 2. The monoisotopic (exact) mass is 317 g/mol. The van der Waals surface area contributed by atoms with Crippen molar-refractivity contribution >= 4 is 12.3 Å². The Balaban J connectivity index is -0.0000000300. The Kier molecular flexibility index (Phi) is 38.0. The van der Waals surface area contributed by atoms with Crippen LogP contribution in [0.25, 0.3) is 0 Å². The number of hydrogen-bond donors (Lipinski definition) is 0. The predicted octanol–water partition coefficient (Wildman–Crippen LogP) is -7.89. The van der Waals surface area contributed by atoms with Gasteiger partial charge < -0.3 is 30.0 Å². The minimum absolute atomic E-state index is 0. The van der Waals surface area contributed by atoms with Gasteiger partial charge in [0.15, 0.2) is 0 Å². The molecule has 6 nitrogen and oxygen atoms in total. The van der Waals surface area contributed by atoms with Crippen molar-refractivity contribution in [1.82, 2.24) is 0 Å². The van der Waals surface area contributed by atoms with E-state index in [-0.39, 0.29) is 91.3 Å². The van der Waals surface area contributed by atoms with E-state index in [4.69, 9.17) is 30.0 Å². The van der Waals surface area contributed by atoms with E-state index in [1.54, 1.807) is 0 Å². The summed E-state index contributed by atoms with van der Waals surface area (Å²) in [7, 11) is 0. The summed E-state index contributed by atoms with van der Waals surface area (Å²) in [5.74, 6) is 0. The van der Waals surface area contributed by atoms with Gasteiger partial charge in [0.1, 0.15) is 0 Å². The molecule has 0 spiro atoms. The Morgan fingerprint density at radius 3 is 0.800 bits per heavy atom. The Hall–Kier alpha value is 1.50. The van der Waals surface area contributed by atoms with E-state index < -0.39 is 12.3 Å². The smallest absolute Gasteiger partial charge is 0.652 e. The maximum absolute atomic E-state index is 8.33. The molecule has 8 heteroatoms. The van der Waals surface area contributed by atoms with Gasteiger partial charge in [-0.25, -0.2) is 0 Å². The summed E-state index contributed by atoms with van der Waals surface area (Å²) in [5, 5.41) is 33.3. The summed E-state index contributed by atoms with van der Waals surface area (Å²) >= 11 is 0. The zero-order chi connectivity index (χ0) is 7.15. The van der Waals surface area contributed by atoms with Gasteiger partial charge in [0.2, 0.25) is 0 Å². The molecule has 0 atom stereocenters. The zero-order valence-electron chi connectivity index (χ0n) is 4.80. The van der Waals surface area contributed by atoms with E-state index in [2.05, 4.69) is 0 Å². The molecule has 0 saturated heterocycles. The predicted molar refractivity (Wildman–Crippen MR) is 10.8 cm³/mol. The minimum Gasteiger partial charge on any atom is -0.652 e. The van der Waals surface area contributed by atoms with Gasteiger partial charge in [0.05, 0.1) is 0 Å². The second-order valence-electron chi connectivity index (χ2n) is 0.500. The normalized spacial score (nSPS) is 4.80. The molecule has 10 heavy (non-hydrogen) atoms. The van der Waals surface area contributed by atoms with Crippen molar-refractivity contribution in [1.29, 1.82) is 0 Å². The van der Waals surface area contributed by atoms with Gasteiger partial charge in [-0.3, -0.25) is 0 Å². The number of carbonyl (C=O) groups is 2. The summed E-state index contributed by atoms with van der Waals surface area (Å²) in [4.78, 5) is 16.7. The minimum atomic E-state index is -2.33. The van der Waals surface area contributed by atoms with Crippen molar-refractivity contribution in [2.45, 2.75) is 0 Å². The van der Waals surface area contributed by atoms with Crippen LogP contribution in [0.3, 0.4) is 0 Å². The molecule has 0 aromatic heterocycles. The molecular formula is C2GdKO6. The van der Waals surface area contributed by atoms with E-state index in [1.165, 1.54) is 0 Å². The quantitative estimate of drug-likeness (QED) is 0.409. The van der Waals surface area contributed by atoms with Gasteiger partial charge in [-0.1, -0.05) is 0 Å². The first-order chi connectivity index (χ1) is 3.46. The molecule has 53 valence electrons. The Morgan fingerprint density at radius 2 is 0.800 bits per heavy atom. The van der Waals surface area contributed by atoms with Crippen LogP contribution in [0.4, 0.5) is 9.59 Å². The molecule has 0 heterocycles. The molecule has 0 N–H and O–H groups in total. The van der Waals surface area contributed by atoms with Crippen LogP contribution in [0.1, 0.15) is 0 Å². The molecule has 0 aromatic rings. The van der Waals surface area contributed by atoms with Crippen LogP contribution in [-0.4, -0.2) is 12.3 Å². The fourth-order valence-corrected chi connectivity index (χ4v) is 0. The maximum atomic E-state index is 8.33. The Labute approximate surface area is 131 Å². The molecular weight excluding hydrogens is 316 g/mol. The van der Waals surface area contributed by atoms with Crippen LogP contribution < -0.4 is 71.8 Å². The first-order valence-corrected chi connectivity index (χ1v) is 1.22. The molecule has 0 fully saturated rings. The third kappa shape index (κ3) is 305. The largest absolute Gasteiger partial charge is 3.00 e. The SMILES string of the molecule is O=C([O-])[O-].O=C([O-])[O-].[Gd+3].[K+]. The summed E-state index contributed by atoms with van der Waals surface area (Å²) in [6.45, 7) is 0. The fraction of sp³-hybridized carbons (Fsp3) is 0. The third-order valence-electron chi connectivity index (χ3n) is 0. The standard InChI is InChI=1S/2CH2O3.Gd.K/c2*2-1(3)4;;/h2*(H2,2,3,4);;/q;;+3;+1/p-4. The average Bonchev–Trinajstić information content (AvgIpc) is 1.25. The van der Waals surface area contributed by atoms with Crippen molar-refractivity contribution < 1.29 is 121 Å². The van der Waals surface area contributed by atoms with Gasteiger partial charge in [0.25, 0.3) is 0 Å². The molecule has 1 radical (unpaired) electrons. The summed E-state index contributed by atoms with van der Waals surface area (Å²) in [5.41, 5.74) is 0. The summed E-state index contributed by atoms with van der Waals surface area (Å²) in [6, 6.07) is 0. The van der Waals surface area contributed by atoms with Crippen LogP contribution in [0.15, 0.2) is 0 Å². The first-order valence-electron chi connectivity index (χ1n) is 1.22. The first kappa shape index (κ1) is 22.5. The summed E-state index contributed by atoms with van der Waals surface area (Å²) in [6.07, 6.45) is -4.67. The van der Waals surface area contributed by atoms with Gasteiger partial charge in [-0.15, -0.1) is 0 Å². The Bertz CT molecular complexity index is 73.7. The van der Waals surface area contributed by atoms with Crippen molar-refractivity contribution in [2.75, 3.05) is 0 Å². The topological polar surface area (TPSA) is 126 Å².